The topological polar surface area (TPSA) is 122 Å². The molecule has 0 fully saturated rings. The Bertz CT molecular complexity index is 454. The fourth-order valence-electron chi connectivity index (χ4n) is 1.58. The molecule has 1 aliphatic rings. The molecule has 8 heteroatoms. The first kappa shape index (κ1) is 11.4. The fraction of sp³-hybridized carbons (Fsp3) is 0.444. The van der Waals surface area contributed by atoms with Gasteiger partial charge >= 0.3 is 11.9 Å². The molecule has 1 atom stereocenters. The molecule has 0 saturated carbocycles. The molecular formula is C9H10N2O6. The maximum absolute atomic E-state index is 10.8. The molecule has 8 nitrogen and oxygen atoms in total. The highest BCUT2D eigenvalue weighted by Crippen LogP contribution is 2.26. The summed E-state index contributed by atoms with van der Waals surface area (Å²) in [6.07, 6.45) is 0.156. The third-order valence-corrected chi connectivity index (χ3v) is 2.38. The Morgan fingerprint density at radius 3 is 2.94 bits per heavy atom. The number of ether oxygens (including phenoxy) is 1. The van der Waals surface area contributed by atoms with E-state index in [9.17, 15) is 9.59 Å². The molecule has 0 bridgehead atoms. The Labute approximate surface area is 95.2 Å². The van der Waals surface area contributed by atoms with Gasteiger partial charge in [0.25, 0.3) is 5.88 Å². The lowest BCUT2D eigenvalue weighted by atomic mass is 10.0. The predicted octanol–water partition coefficient (Wildman–Crippen LogP) is -0.763. The molecule has 17 heavy (non-hydrogen) atoms. The molecular weight excluding hydrogens is 232 g/mol. The molecule has 2 rings (SSSR count). The van der Waals surface area contributed by atoms with Crippen LogP contribution in [0.2, 0.25) is 0 Å². The van der Waals surface area contributed by atoms with Crippen LogP contribution in [0, 0.1) is 0 Å². The number of carboxylic acid groups (broad SMARTS) is 2. The van der Waals surface area contributed by atoms with Gasteiger partial charge in [-0.05, 0) is 5.16 Å². The van der Waals surface area contributed by atoms with E-state index >= 15 is 0 Å². The smallest absolute Gasteiger partial charge is 0.341 e. The summed E-state index contributed by atoms with van der Waals surface area (Å²) in [5, 5.41) is 23.6. The van der Waals surface area contributed by atoms with E-state index in [1.165, 1.54) is 0 Å². The normalized spacial score (nSPS) is 18.5. The second-order valence-corrected chi connectivity index (χ2v) is 3.55. The maximum atomic E-state index is 10.8. The largest absolute Gasteiger partial charge is 0.480 e. The van der Waals surface area contributed by atoms with Gasteiger partial charge < -0.3 is 19.5 Å². The molecule has 1 aromatic heterocycles. The van der Waals surface area contributed by atoms with Crippen LogP contribution in [0.4, 0.5) is 0 Å². The molecule has 1 aliphatic heterocycles. The van der Waals surface area contributed by atoms with Crippen LogP contribution in [0.15, 0.2) is 4.52 Å². The van der Waals surface area contributed by atoms with Gasteiger partial charge in [-0.25, -0.2) is 4.79 Å². The zero-order valence-corrected chi connectivity index (χ0v) is 8.67. The van der Waals surface area contributed by atoms with Crippen molar-refractivity contribution in [1.29, 1.82) is 0 Å². The second kappa shape index (κ2) is 4.42. The Morgan fingerprint density at radius 2 is 2.29 bits per heavy atom. The highest BCUT2D eigenvalue weighted by molar-refractivity contribution is 5.74. The molecule has 92 valence electrons. The summed E-state index contributed by atoms with van der Waals surface area (Å²) in [4.78, 5) is 21.2. The van der Waals surface area contributed by atoms with E-state index in [4.69, 9.17) is 19.5 Å². The molecule has 0 saturated heterocycles. The third-order valence-electron chi connectivity index (χ3n) is 2.38. The Balaban J connectivity index is 2.13. The van der Waals surface area contributed by atoms with Crippen LogP contribution >= 0.6 is 0 Å². The van der Waals surface area contributed by atoms with Crippen molar-refractivity contribution in [2.24, 2.45) is 0 Å². The summed E-state index contributed by atoms with van der Waals surface area (Å²) in [5.74, 6) is -1.59. The van der Waals surface area contributed by atoms with Gasteiger partial charge in [-0.2, -0.15) is 0 Å². The van der Waals surface area contributed by atoms with Crippen molar-refractivity contribution < 1.29 is 29.1 Å². The summed E-state index contributed by atoms with van der Waals surface area (Å²) in [7, 11) is 0. The lowest BCUT2D eigenvalue weighted by Gasteiger charge is -2.18. The average molecular weight is 242 g/mol. The first-order valence-corrected chi connectivity index (χ1v) is 4.86. The van der Waals surface area contributed by atoms with Crippen molar-refractivity contribution in [2.75, 3.05) is 6.61 Å². The number of hydrogen-bond donors (Lipinski definition) is 3. The highest BCUT2D eigenvalue weighted by atomic mass is 16.5. The lowest BCUT2D eigenvalue weighted by Crippen LogP contribution is -2.41. The van der Waals surface area contributed by atoms with Crippen LogP contribution in [-0.4, -0.2) is 40.0 Å². The molecule has 0 amide bonds. The van der Waals surface area contributed by atoms with Crippen molar-refractivity contribution in [3.63, 3.8) is 0 Å². The number of aliphatic carboxylic acids is 2. The van der Waals surface area contributed by atoms with Gasteiger partial charge in [0.15, 0.2) is 12.4 Å². The zero-order chi connectivity index (χ0) is 12.4. The lowest BCUT2D eigenvalue weighted by molar-refractivity contribution is -0.140. The van der Waals surface area contributed by atoms with Crippen molar-refractivity contribution in [3.8, 4) is 5.88 Å². The molecule has 3 N–H and O–H groups in total. The molecule has 1 aromatic rings. The SMILES string of the molecule is O=C(O)COc1noc2c1CC(C(=O)O)NC2. The monoisotopic (exact) mass is 242 g/mol. The van der Waals surface area contributed by atoms with Gasteiger partial charge in [0.1, 0.15) is 6.04 Å². The summed E-state index contributed by atoms with van der Waals surface area (Å²) in [6, 6.07) is -0.742. The van der Waals surface area contributed by atoms with Crippen LogP contribution in [0.25, 0.3) is 0 Å². The van der Waals surface area contributed by atoms with Crippen molar-refractivity contribution >= 4 is 11.9 Å². The first-order chi connectivity index (χ1) is 8.08. The molecule has 2 heterocycles. The number of fused-ring (bicyclic) bond motifs is 1. The van der Waals surface area contributed by atoms with Gasteiger partial charge in [-0.3, -0.25) is 10.1 Å². The van der Waals surface area contributed by atoms with E-state index in [1.807, 2.05) is 0 Å². The number of aromatic nitrogens is 1. The Morgan fingerprint density at radius 1 is 1.53 bits per heavy atom. The maximum Gasteiger partial charge on any atom is 0.341 e. The number of nitrogens with zero attached hydrogens (tertiary/aromatic N) is 1. The molecule has 0 spiro atoms. The summed E-state index contributed by atoms with van der Waals surface area (Å²) < 4.78 is 9.83. The first-order valence-electron chi connectivity index (χ1n) is 4.86. The fourth-order valence-corrected chi connectivity index (χ4v) is 1.58. The van der Waals surface area contributed by atoms with Crippen molar-refractivity contribution in [3.05, 3.63) is 11.3 Å². The van der Waals surface area contributed by atoms with Gasteiger partial charge in [-0.15, -0.1) is 0 Å². The quantitative estimate of drug-likeness (QED) is 0.629. The van der Waals surface area contributed by atoms with Crippen molar-refractivity contribution in [1.82, 2.24) is 10.5 Å². The highest BCUT2D eigenvalue weighted by Gasteiger charge is 2.30. The molecule has 0 aromatic carbocycles. The number of rotatable bonds is 4. The standard InChI is InChI=1S/C9H10N2O6/c12-7(13)3-16-8-4-1-5(9(14)15)10-2-6(4)17-11-8/h5,10H,1-3H2,(H,12,13)(H,14,15). The van der Waals surface area contributed by atoms with Crippen LogP contribution in [0.5, 0.6) is 5.88 Å². The Hall–Kier alpha value is -2.09. The van der Waals surface area contributed by atoms with Crippen LogP contribution in [0.3, 0.4) is 0 Å². The van der Waals surface area contributed by atoms with E-state index in [0.29, 0.717) is 11.3 Å². The van der Waals surface area contributed by atoms with Gasteiger partial charge in [0, 0.05) is 6.42 Å². The Kier molecular flexibility index (Phi) is 2.96. The number of carboxylic acids is 2. The zero-order valence-electron chi connectivity index (χ0n) is 8.67. The van der Waals surface area contributed by atoms with Gasteiger partial charge in [0.2, 0.25) is 0 Å². The minimum absolute atomic E-state index is 0.0511. The number of nitrogens with one attached hydrogen (secondary N) is 1. The molecule has 0 radical (unpaired) electrons. The van der Waals surface area contributed by atoms with E-state index in [2.05, 4.69) is 10.5 Å². The molecule has 1 unspecified atom stereocenters. The van der Waals surface area contributed by atoms with Gasteiger partial charge in [0.05, 0.1) is 12.1 Å². The predicted molar refractivity (Wildman–Crippen MR) is 51.6 cm³/mol. The summed E-state index contributed by atoms with van der Waals surface area (Å²) in [5.41, 5.74) is 0.511. The number of carbonyl (C=O) groups is 2. The second-order valence-electron chi connectivity index (χ2n) is 3.55. The van der Waals surface area contributed by atoms with E-state index in [1.54, 1.807) is 0 Å². The summed E-state index contributed by atoms with van der Waals surface area (Å²) >= 11 is 0. The van der Waals surface area contributed by atoms with Gasteiger partial charge in [-0.1, -0.05) is 0 Å². The average Bonchev–Trinajstić information content (AvgIpc) is 2.68. The van der Waals surface area contributed by atoms with E-state index < -0.39 is 24.6 Å². The minimum atomic E-state index is -1.13. The molecule has 0 aliphatic carbocycles. The number of hydrogen-bond acceptors (Lipinski definition) is 6. The van der Waals surface area contributed by atoms with Crippen LogP contribution < -0.4 is 10.1 Å². The minimum Gasteiger partial charge on any atom is -0.480 e. The third kappa shape index (κ3) is 2.36. The van der Waals surface area contributed by atoms with E-state index in [-0.39, 0.29) is 18.8 Å². The van der Waals surface area contributed by atoms with Crippen LogP contribution in [0.1, 0.15) is 11.3 Å². The van der Waals surface area contributed by atoms with Crippen LogP contribution in [-0.2, 0) is 22.6 Å². The van der Waals surface area contributed by atoms with Crippen molar-refractivity contribution in [2.45, 2.75) is 19.0 Å². The summed E-state index contributed by atoms with van der Waals surface area (Å²) in [6.45, 7) is -0.306. The van der Waals surface area contributed by atoms with E-state index in [0.717, 1.165) is 0 Å².